The number of unbranched alkanes of at least 4 members (excludes halogenated alkanes) is 10. The van der Waals surface area contributed by atoms with E-state index in [1.54, 1.807) is 0 Å². The molecule has 0 saturated heterocycles. The van der Waals surface area contributed by atoms with Gasteiger partial charge in [-0.05, 0) is 36.5 Å². The molecule has 26 heavy (non-hydrogen) atoms. The predicted molar refractivity (Wildman–Crippen MR) is 115 cm³/mol. The van der Waals surface area contributed by atoms with Gasteiger partial charge in [-0.15, -0.1) is 0 Å². The van der Waals surface area contributed by atoms with Crippen LogP contribution >= 0.6 is 0 Å². The normalized spacial score (nSPS) is 12.1. The van der Waals surface area contributed by atoms with E-state index in [2.05, 4.69) is 38.2 Å². The smallest absolute Gasteiger partial charge is 0.224 e. The first-order valence-electron chi connectivity index (χ1n) is 11.1. The van der Waals surface area contributed by atoms with Crippen LogP contribution < -0.4 is 5.32 Å². The van der Waals surface area contributed by atoms with Crippen LogP contribution in [0.15, 0.2) is 24.3 Å². The topological polar surface area (TPSA) is 29.1 Å². The van der Waals surface area contributed by atoms with Gasteiger partial charge < -0.3 is 5.32 Å². The first-order chi connectivity index (χ1) is 12.7. The van der Waals surface area contributed by atoms with Crippen LogP contribution in [0.1, 0.15) is 116 Å². The molecule has 1 atom stereocenters. The lowest BCUT2D eigenvalue weighted by molar-refractivity contribution is -0.116. The molecule has 0 saturated carbocycles. The van der Waals surface area contributed by atoms with E-state index in [1.165, 1.54) is 69.8 Å². The van der Waals surface area contributed by atoms with Crippen LogP contribution in [0.5, 0.6) is 0 Å². The Hall–Kier alpha value is -1.31. The summed E-state index contributed by atoms with van der Waals surface area (Å²) in [4.78, 5) is 12.0. The zero-order chi connectivity index (χ0) is 19.0. The van der Waals surface area contributed by atoms with Gasteiger partial charge in [0.2, 0.25) is 5.91 Å². The maximum Gasteiger partial charge on any atom is 0.224 e. The Bertz CT molecular complexity index is 466. The molecule has 1 N–H and O–H groups in total. The standard InChI is InChI=1S/C24H41NO/c1-4-6-7-8-9-10-11-12-13-14-15-16-24(26)25-23-19-17-22(18-20-23)21(3)5-2/h17-21H,4-16H2,1-3H3,(H,25,26). The Balaban J connectivity index is 2.01. The molecule has 0 spiro atoms. The number of rotatable bonds is 15. The van der Waals surface area contributed by atoms with Gasteiger partial charge in [-0.1, -0.05) is 97.1 Å². The Morgan fingerprint density at radius 3 is 1.81 bits per heavy atom. The highest BCUT2D eigenvalue weighted by molar-refractivity contribution is 5.90. The number of amides is 1. The molecule has 2 nitrogen and oxygen atoms in total. The zero-order valence-corrected chi connectivity index (χ0v) is 17.5. The average Bonchev–Trinajstić information content (AvgIpc) is 2.66. The molecule has 0 heterocycles. The van der Waals surface area contributed by atoms with E-state index < -0.39 is 0 Å². The summed E-state index contributed by atoms with van der Waals surface area (Å²) < 4.78 is 0. The largest absolute Gasteiger partial charge is 0.326 e. The van der Waals surface area contributed by atoms with Gasteiger partial charge in [0.1, 0.15) is 0 Å². The van der Waals surface area contributed by atoms with Gasteiger partial charge in [0.05, 0.1) is 0 Å². The molecule has 1 aromatic carbocycles. The fourth-order valence-corrected chi connectivity index (χ4v) is 3.30. The van der Waals surface area contributed by atoms with Crippen molar-refractivity contribution in [3.8, 4) is 0 Å². The molecule has 0 aromatic heterocycles. The Kier molecular flexibility index (Phi) is 13.0. The summed E-state index contributed by atoms with van der Waals surface area (Å²) in [6.07, 6.45) is 16.3. The van der Waals surface area contributed by atoms with E-state index in [9.17, 15) is 4.79 Å². The van der Waals surface area contributed by atoms with Gasteiger partial charge >= 0.3 is 0 Å². The average molecular weight is 360 g/mol. The summed E-state index contributed by atoms with van der Waals surface area (Å²) in [5.74, 6) is 0.730. The maximum atomic E-state index is 12.0. The predicted octanol–water partition coefficient (Wildman–Crippen LogP) is 7.84. The summed E-state index contributed by atoms with van der Waals surface area (Å²) in [5, 5.41) is 3.02. The van der Waals surface area contributed by atoms with E-state index >= 15 is 0 Å². The number of carbonyl (C=O) groups is 1. The van der Waals surface area contributed by atoms with Crippen LogP contribution in [0.4, 0.5) is 5.69 Å². The van der Waals surface area contributed by atoms with Crippen molar-refractivity contribution < 1.29 is 4.79 Å². The van der Waals surface area contributed by atoms with Crippen molar-refractivity contribution in [1.82, 2.24) is 0 Å². The van der Waals surface area contributed by atoms with Crippen LogP contribution in [-0.2, 0) is 4.79 Å². The molecule has 2 heteroatoms. The van der Waals surface area contributed by atoms with Crippen molar-refractivity contribution in [2.75, 3.05) is 5.32 Å². The first kappa shape index (κ1) is 22.7. The molecule has 1 amide bonds. The van der Waals surface area contributed by atoms with Gasteiger partial charge in [-0.2, -0.15) is 0 Å². The van der Waals surface area contributed by atoms with Crippen molar-refractivity contribution in [2.45, 2.75) is 110 Å². The van der Waals surface area contributed by atoms with Gasteiger partial charge in [-0.25, -0.2) is 0 Å². The van der Waals surface area contributed by atoms with E-state index in [1.807, 2.05) is 12.1 Å². The van der Waals surface area contributed by atoms with Crippen molar-refractivity contribution in [1.29, 1.82) is 0 Å². The van der Waals surface area contributed by atoms with Crippen molar-refractivity contribution >= 4 is 11.6 Å². The van der Waals surface area contributed by atoms with Crippen molar-refractivity contribution in [3.63, 3.8) is 0 Å². The minimum absolute atomic E-state index is 0.150. The highest BCUT2D eigenvalue weighted by atomic mass is 16.1. The molecule has 0 aliphatic rings. The summed E-state index contributed by atoms with van der Waals surface area (Å²) in [6.45, 7) is 6.71. The SMILES string of the molecule is CCCCCCCCCCCCCC(=O)Nc1ccc(C(C)CC)cc1. The van der Waals surface area contributed by atoms with Crippen molar-refractivity contribution in [2.24, 2.45) is 0 Å². The van der Waals surface area contributed by atoms with Gasteiger partial charge in [0.15, 0.2) is 0 Å². The highest BCUT2D eigenvalue weighted by Crippen LogP contribution is 2.20. The number of carbonyl (C=O) groups excluding carboxylic acids is 1. The molecule has 0 radical (unpaired) electrons. The van der Waals surface area contributed by atoms with Gasteiger partial charge in [0, 0.05) is 12.1 Å². The van der Waals surface area contributed by atoms with Crippen LogP contribution in [0.25, 0.3) is 0 Å². The van der Waals surface area contributed by atoms with Crippen LogP contribution in [-0.4, -0.2) is 5.91 Å². The Labute approximate surface area is 162 Å². The van der Waals surface area contributed by atoms with E-state index in [4.69, 9.17) is 0 Å². The number of hydrogen-bond acceptors (Lipinski definition) is 1. The summed E-state index contributed by atoms with van der Waals surface area (Å²) in [6, 6.07) is 8.32. The first-order valence-corrected chi connectivity index (χ1v) is 11.1. The number of benzene rings is 1. The summed E-state index contributed by atoms with van der Waals surface area (Å²) in [7, 11) is 0. The second-order valence-electron chi connectivity index (χ2n) is 7.77. The molecule has 0 bridgehead atoms. The lowest BCUT2D eigenvalue weighted by atomic mass is 9.98. The molecule has 1 unspecified atom stereocenters. The molecule has 0 fully saturated rings. The zero-order valence-electron chi connectivity index (χ0n) is 17.5. The molecular weight excluding hydrogens is 318 g/mol. The summed E-state index contributed by atoms with van der Waals surface area (Å²) >= 11 is 0. The van der Waals surface area contributed by atoms with Crippen LogP contribution in [0.3, 0.4) is 0 Å². The van der Waals surface area contributed by atoms with E-state index in [-0.39, 0.29) is 5.91 Å². The monoisotopic (exact) mass is 359 g/mol. The quantitative estimate of drug-likeness (QED) is 0.317. The lowest BCUT2D eigenvalue weighted by Crippen LogP contribution is -2.11. The summed E-state index contributed by atoms with van der Waals surface area (Å²) in [5.41, 5.74) is 2.26. The minimum atomic E-state index is 0.150. The van der Waals surface area contributed by atoms with E-state index in [0.717, 1.165) is 18.5 Å². The fourth-order valence-electron chi connectivity index (χ4n) is 3.30. The second kappa shape index (κ2) is 14.8. The molecule has 1 aromatic rings. The third-order valence-corrected chi connectivity index (χ3v) is 5.38. The van der Waals surface area contributed by atoms with Crippen LogP contribution in [0, 0.1) is 0 Å². The number of hydrogen-bond donors (Lipinski definition) is 1. The van der Waals surface area contributed by atoms with Crippen LogP contribution in [0.2, 0.25) is 0 Å². The molecule has 0 aliphatic carbocycles. The van der Waals surface area contributed by atoms with Gasteiger partial charge in [0.25, 0.3) is 0 Å². The molecule has 1 rings (SSSR count). The van der Waals surface area contributed by atoms with E-state index in [0.29, 0.717) is 12.3 Å². The third kappa shape index (κ3) is 10.6. The number of anilines is 1. The molecule has 0 aliphatic heterocycles. The number of nitrogens with one attached hydrogen (secondary N) is 1. The lowest BCUT2D eigenvalue weighted by Gasteiger charge is -2.10. The van der Waals surface area contributed by atoms with Crippen molar-refractivity contribution in [3.05, 3.63) is 29.8 Å². The molecular formula is C24H41NO. The molecule has 148 valence electrons. The second-order valence-corrected chi connectivity index (χ2v) is 7.77. The minimum Gasteiger partial charge on any atom is -0.326 e. The maximum absolute atomic E-state index is 12.0. The fraction of sp³-hybridized carbons (Fsp3) is 0.708. The Morgan fingerprint density at radius 2 is 1.31 bits per heavy atom. The third-order valence-electron chi connectivity index (χ3n) is 5.38. The van der Waals surface area contributed by atoms with Gasteiger partial charge in [-0.3, -0.25) is 4.79 Å². The highest BCUT2D eigenvalue weighted by Gasteiger charge is 2.05. The Morgan fingerprint density at radius 1 is 0.808 bits per heavy atom.